The summed E-state index contributed by atoms with van der Waals surface area (Å²) in [6, 6.07) is 10.1. The summed E-state index contributed by atoms with van der Waals surface area (Å²) in [7, 11) is 0. The molecule has 0 bridgehead atoms. The van der Waals surface area contributed by atoms with Crippen molar-refractivity contribution in [3.8, 4) is 0 Å². The molecule has 1 aliphatic heterocycles. The Morgan fingerprint density at radius 1 is 1.22 bits per heavy atom. The predicted octanol–water partition coefficient (Wildman–Crippen LogP) is 4.33. The SMILES string of the molecule is O=C(C1CC1)C(c1ccccc1F)N1CCC(S)/C(=C\c2cccnc2)C1. The highest BCUT2D eigenvalue weighted by Crippen LogP contribution is 2.39. The Labute approximate surface area is 164 Å². The van der Waals surface area contributed by atoms with E-state index in [0.717, 1.165) is 36.9 Å². The monoisotopic (exact) mass is 382 g/mol. The van der Waals surface area contributed by atoms with Crippen LogP contribution >= 0.6 is 12.6 Å². The number of halogens is 1. The van der Waals surface area contributed by atoms with Gasteiger partial charge in [-0.1, -0.05) is 30.3 Å². The van der Waals surface area contributed by atoms with Crippen LogP contribution < -0.4 is 0 Å². The molecule has 2 heterocycles. The summed E-state index contributed by atoms with van der Waals surface area (Å²) in [5.41, 5.74) is 2.65. The minimum absolute atomic E-state index is 0.0779. The Morgan fingerprint density at radius 3 is 2.74 bits per heavy atom. The molecule has 1 saturated heterocycles. The molecule has 1 aromatic carbocycles. The van der Waals surface area contributed by atoms with Gasteiger partial charge in [0.15, 0.2) is 5.78 Å². The van der Waals surface area contributed by atoms with E-state index in [0.29, 0.717) is 12.1 Å². The van der Waals surface area contributed by atoms with Gasteiger partial charge in [-0.15, -0.1) is 0 Å². The van der Waals surface area contributed by atoms with Crippen LogP contribution in [0.2, 0.25) is 0 Å². The van der Waals surface area contributed by atoms with Gasteiger partial charge in [0.2, 0.25) is 0 Å². The van der Waals surface area contributed by atoms with Crippen molar-refractivity contribution in [2.75, 3.05) is 13.1 Å². The third kappa shape index (κ3) is 4.14. The van der Waals surface area contributed by atoms with Gasteiger partial charge in [-0.3, -0.25) is 14.7 Å². The van der Waals surface area contributed by atoms with E-state index in [4.69, 9.17) is 12.6 Å². The smallest absolute Gasteiger partial charge is 0.157 e. The molecule has 5 heteroatoms. The van der Waals surface area contributed by atoms with E-state index in [9.17, 15) is 9.18 Å². The number of hydrogen-bond acceptors (Lipinski definition) is 4. The fourth-order valence-electron chi connectivity index (χ4n) is 3.75. The van der Waals surface area contributed by atoms with Gasteiger partial charge in [-0.05, 0) is 42.5 Å². The Kier molecular flexibility index (Phi) is 5.41. The molecular weight excluding hydrogens is 359 g/mol. The van der Waals surface area contributed by atoms with Crippen molar-refractivity contribution in [1.82, 2.24) is 9.88 Å². The van der Waals surface area contributed by atoms with E-state index in [1.165, 1.54) is 6.07 Å². The summed E-state index contributed by atoms with van der Waals surface area (Å²) in [4.78, 5) is 19.3. The topological polar surface area (TPSA) is 33.2 Å². The highest BCUT2D eigenvalue weighted by Gasteiger charge is 2.40. The maximum Gasteiger partial charge on any atom is 0.157 e. The van der Waals surface area contributed by atoms with E-state index in [1.54, 1.807) is 18.3 Å². The molecular formula is C22H23FN2OS. The van der Waals surface area contributed by atoms with Gasteiger partial charge in [-0.2, -0.15) is 12.6 Å². The molecule has 2 aromatic rings. The second kappa shape index (κ2) is 7.95. The highest BCUT2D eigenvalue weighted by atomic mass is 32.1. The largest absolute Gasteiger partial charge is 0.297 e. The number of pyridine rings is 1. The van der Waals surface area contributed by atoms with Gasteiger partial charge < -0.3 is 0 Å². The molecule has 2 fully saturated rings. The van der Waals surface area contributed by atoms with Crippen LogP contribution in [0.3, 0.4) is 0 Å². The molecule has 2 aliphatic rings. The molecule has 27 heavy (non-hydrogen) atoms. The van der Waals surface area contributed by atoms with Crippen molar-refractivity contribution < 1.29 is 9.18 Å². The lowest BCUT2D eigenvalue weighted by Crippen LogP contribution is -2.42. The standard InChI is InChI=1S/C22H23FN2OS/c23-19-6-2-1-5-18(19)21(22(26)16-7-8-16)25-11-9-20(27)17(14-25)12-15-4-3-10-24-13-15/h1-6,10,12-13,16,20-21,27H,7-9,11,14H2/b17-12-. The molecule has 2 unspecified atom stereocenters. The number of rotatable bonds is 5. The first-order valence-corrected chi connectivity index (χ1v) is 9.96. The van der Waals surface area contributed by atoms with Crippen LogP contribution in [0.4, 0.5) is 4.39 Å². The second-order valence-corrected chi connectivity index (χ2v) is 8.00. The van der Waals surface area contributed by atoms with Gasteiger partial charge in [0.25, 0.3) is 0 Å². The fourth-order valence-corrected chi connectivity index (χ4v) is 4.02. The van der Waals surface area contributed by atoms with Crippen LogP contribution in [0.15, 0.2) is 54.4 Å². The third-order valence-corrected chi connectivity index (χ3v) is 5.94. The van der Waals surface area contributed by atoms with Crippen molar-refractivity contribution in [1.29, 1.82) is 0 Å². The number of carbonyl (C=O) groups excluding carboxylic acids is 1. The van der Waals surface area contributed by atoms with Crippen molar-refractivity contribution in [3.63, 3.8) is 0 Å². The van der Waals surface area contributed by atoms with Crippen LogP contribution in [0.5, 0.6) is 0 Å². The first-order chi connectivity index (χ1) is 13.1. The van der Waals surface area contributed by atoms with Crippen molar-refractivity contribution in [2.45, 2.75) is 30.6 Å². The number of likely N-dealkylation sites (tertiary alicyclic amines) is 1. The Bertz CT molecular complexity index is 850. The Morgan fingerprint density at radius 2 is 2.04 bits per heavy atom. The summed E-state index contributed by atoms with van der Waals surface area (Å²) in [5.74, 6) is -0.0742. The molecule has 1 aromatic heterocycles. The number of benzene rings is 1. The number of thiol groups is 1. The number of piperidine rings is 1. The normalized spacial score (nSPS) is 23.3. The predicted molar refractivity (Wildman–Crippen MR) is 108 cm³/mol. The lowest BCUT2D eigenvalue weighted by molar-refractivity contribution is -0.126. The molecule has 0 N–H and O–H groups in total. The maximum atomic E-state index is 14.5. The molecule has 1 aliphatic carbocycles. The van der Waals surface area contributed by atoms with Gasteiger partial charge >= 0.3 is 0 Å². The summed E-state index contributed by atoms with van der Waals surface area (Å²) in [6.07, 6.45) is 8.33. The number of hydrogen-bond donors (Lipinski definition) is 1. The minimum Gasteiger partial charge on any atom is -0.297 e. The molecule has 2 atom stereocenters. The van der Waals surface area contributed by atoms with Gasteiger partial charge in [0.05, 0.1) is 6.04 Å². The number of nitrogens with zero attached hydrogens (tertiary/aromatic N) is 2. The second-order valence-electron chi connectivity index (χ2n) is 7.38. The van der Waals surface area contributed by atoms with Gasteiger partial charge in [0, 0.05) is 42.2 Å². The zero-order chi connectivity index (χ0) is 18.8. The van der Waals surface area contributed by atoms with Crippen molar-refractivity contribution in [3.05, 3.63) is 71.3 Å². The Hall–Kier alpha value is -1.98. The zero-order valence-corrected chi connectivity index (χ0v) is 16.0. The zero-order valence-electron chi connectivity index (χ0n) is 15.1. The average Bonchev–Trinajstić information content (AvgIpc) is 3.52. The summed E-state index contributed by atoms with van der Waals surface area (Å²) in [6.45, 7) is 1.34. The fraction of sp³-hybridized carbons (Fsp3) is 0.364. The van der Waals surface area contributed by atoms with E-state index in [1.807, 2.05) is 24.4 Å². The molecule has 3 nitrogen and oxygen atoms in total. The van der Waals surface area contributed by atoms with Gasteiger partial charge in [0.1, 0.15) is 5.82 Å². The summed E-state index contributed by atoms with van der Waals surface area (Å²) in [5, 5.41) is 0.138. The first-order valence-electron chi connectivity index (χ1n) is 9.44. The quantitative estimate of drug-likeness (QED) is 0.782. The van der Waals surface area contributed by atoms with E-state index in [-0.39, 0.29) is 22.8 Å². The number of carbonyl (C=O) groups is 1. The summed E-state index contributed by atoms with van der Waals surface area (Å²) >= 11 is 4.73. The molecule has 1 saturated carbocycles. The van der Waals surface area contributed by atoms with Crippen LogP contribution in [-0.2, 0) is 4.79 Å². The van der Waals surface area contributed by atoms with Crippen molar-refractivity contribution in [2.24, 2.45) is 5.92 Å². The van der Waals surface area contributed by atoms with E-state index < -0.39 is 6.04 Å². The first kappa shape index (κ1) is 18.4. The maximum absolute atomic E-state index is 14.5. The molecule has 0 amide bonds. The van der Waals surface area contributed by atoms with Crippen LogP contribution in [0.25, 0.3) is 6.08 Å². The molecule has 0 radical (unpaired) electrons. The molecule has 4 rings (SSSR count). The van der Waals surface area contributed by atoms with E-state index in [2.05, 4.69) is 16.0 Å². The average molecular weight is 383 g/mol. The van der Waals surface area contributed by atoms with Gasteiger partial charge in [-0.25, -0.2) is 4.39 Å². The van der Waals surface area contributed by atoms with Crippen LogP contribution in [0.1, 0.15) is 36.4 Å². The number of aromatic nitrogens is 1. The lowest BCUT2D eigenvalue weighted by atomic mass is 9.93. The third-order valence-electron chi connectivity index (χ3n) is 5.35. The van der Waals surface area contributed by atoms with E-state index >= 15 is 0 Å². The highest BCUT2D eigenvalue weighted by molar-refractivity contribution is 7.81. The number of Topliss-reactive ketones (excluding diaryl/α,β-unsaturated/α-hetero) is 1. The lowest BCUT2D eigenvalue weighted by Gasteiger charge is -2.37. The van der Waals surface area contributed by atoms with Crippen LogP contribution in [0, 0.1) is 11.7 Å². The minimum atomic E-state index is -0.517. The summed E-state index contributed by atoms with van der Waals surface area (Å²) < 4.78 is 14.5. The van der Waals surface area contributed by atoms with Crippen LogP contribution in [-0.4, -0.2) is 34.0 Å². The molecule has 0 spiro atoms. The number of ketones is 1. The Balaban J connectivity index is 1.65. The van der Waals surface area contributed by atoms with Crippen molar-refractivity contribution >= 4 is 24.5 Å². The molecule has 140 valence electrons.